The van der Waals surface area contributed by atoms with Gasteiger partial charge in [0.05, 0.1) is 0 Å². The molecule has 1 aromatic heterocycles. The van der Waals surface area contributed by atoms with Crippen LogP contribution in [0.2, 0.25) is 0 Å². The van der Waals surface area contributed by atoms with Crippen LogP contribution in [-0.4, -0.2) is 43.6 Å². The Balaban J connectivity index is 1.98. The van der Waals surface area contributed by atoms with Gasteiger partial charge in [0, 0.05) is 22.0 Å². The molecular formula is C21H21N3O4S4. The lowest BCUT2D eigenvalue weighted by Gasteiger charge is -2.24. The molecule has 0 spiro atoms. The fourth-order valence-corrected chi connectivity index (χ4v) is 6.28. The van der Waals surface area contributed by atoms with Gasteiger partial charge in [-0.25, -0.2) is 14.0 Å². The molecule has 32 heavy (non-hydrogen) atoms. The van der Waals surface area contributed by atoms with E-state index in [1.165, 1.54) is 23.1 Å². The van der Waals surface area contributed by atoms with Crippen LogP contribution >= 0.6 is 33.9 Å². The Labute approximate surface area is 200 Å². The van der Waals surface area contributed by atoms with Crippen molar-refractivity contribution >= 4 is 60.8 Å². The van der Waals surface area contributed by atoms with Crippen LogP contribution in [0.5, 0.6) is 0 Å². The number of benzene rings is 2. The zero-order chi connectivity index (χ0) is 23.1. The highest BCUT2D eigenvalue weighted by Crippen LogP contribution is 2.33. The SMILES string of the molecule is CSCCC(N)(C(=O)O)C(=O)c1ccc(SS(=O)Nc2nccs2)cc1-c1ccccc1. The van der Waals surface area contributed by atoms with Crippen molar-refractivity contribution in [1.82, 2.24) is 4.98 Å². The monoisotopic (exact) mass is 507 g/mol. The van der Waals surface area contributed by atoms with Crippen molar-refractivity contribution in [3.05, 3.63) is 65.7 Å². The number of nitrogens with two attached hydrogens (primary N) is 1. The number of carboxylic acids is 1. The number of hydrogen-bond acceptors (Lipinski definition) is 8. The van der Waals surface area contributed by atoms with Crippen molar-refractivity contribution in [2.45, 2.75) is 16.9 Å². The lowest BCUT2D eigenvalue weighted by Crippen LogP contribution is -2.55. The Morgan fingerprint density at radius 3 is 2.62 bits per heavy atom. The number of ketones is 1. The highest BCUT2D eigenvalue weighted by atomic mass is 33.1. The van der Waals surface area contributed by atoms with Crippen molar-refractivity contribution in [1.29, 1.82) is 0 Å². The Kier molecular flexibility index (Phi) is 8.49. The van der Waals surface area contributed by atoms with Gasteiger partial charge in [0.15, 0.2) is 26.5 Å². The molecule has 3 aromatic rings. The average molecular weight is 508 g/mol. The topological polar surface area (TPSA) is 122 Å². The summed E-state index contributed by atoms with van der Waals surface area (Å²) >= 11 is 2.76. The number of Topliss-reactive ketones (excluding diaryl/α,β-unsaturated/α-hetero) is 1. The molecule has 2 unspecified atom stereocenters. The van der Waals surface area contributed by atoms with E-state index in [2.05, 4.69) is 9.71 Å². The molecule has 1 heterocycles. The maximum absolute atomic E-state index is 13.4. The summed E-state index contributed by atoms with van der Waals surface area (Å²) in [4.78, 5) is 30.0. The number of aliphatic carboxylic acids is 1. The molecule has 0 aliphatic carbocycles. The first-order valence-electron chi connectivity index (χ1n) is 9.37. The van der Waals surface area contributed by atoms with Gasteiger partial charge >= 0.3 is 5.97 Å². The van der Waals surface area contributed by atoms with E-state index in [0.717, 1.165) is 16.4 Å². The third kappa shape index (κ3) is 5.78. The van der Waals surface area contributed by atoms with Crippen LogP contribution < -0.4 is 10.5 Å². The zero-order valence-corrected chi connectivity index (χ0v) is 20.3. The van der Waals surface area contributed by atoms with Gasteiger partial charge in [0.1, 0.15) is 0 Å². The van der Waals surface area contributed by atoms with Crippen LogP contribution in [0.15, 0.2) is 65.0 Å². The summed E-state index contributed by atoms with van der Waals surface area (Å²) in [5.41, 5.74) is 5.56. The first kappa shape index (κ1) is 24.5. The van der Waals surface area contributed by atoms with E-state index in [9.17, 15) is 18.9 Å². The molecule has 0 bridgehead atoms. The number of rotatable bonds is 11. The number of aromatic nitrogens is 1. The highest BCUT2D eigenvalue weighted by Gasteiger charge is 2.43. The van der Waals surface area contributed by atoms with Crippen LogP contribution in [0.1, 0.15) is 16.8 Å². The Hall–Kier alpha value is -2.18. The maximum Gasteiger partial charge on any atom is 0.331 e. The van der Waals surface area contributed by atoms with Crippen molar-refractivity contribution in [3.8, 4) is 11.1 Å². The van der Waals surface area contributed by atoms with Crippen molar-refractivity contribution < 1.29 is 18.9 Å². The van der Waals surface area contributed by atoms with Gasteiger partial charge < -0.3 is 10.8 Å². The van der Waals surface area contributed by atoms with Gasteiger partial charge in [-0.15, -0.1) is 11.3 Å². The Bertz CT molecular complexity index is 1110. The van der Waals surface area contributed by atoms with E-state index in [4.69, 9.17) is 5.73 Å². The molecule has 4 N–H and O–H groups in total. The number of thiazole rings is 1. The molecule has 0 aliphatic rings. The lowest BCUT2D eigenvalue weighted by atomic mass is 9.84. The second-order valence-corrected chi connectivity index (χ2v) is 11.3. The first-order valence-corrected chi connectivity index (χ1v) is 14.1. The molecule has 7 nitrogen and oxygen atoms in total. The third-order valence-corrected chi connectivity index (χ3v) is 8.25. The van der Waals surface area contributed by atoms with E-state index in [0.29, 0.717) is 21.3 Å². The summed E-state index contributed by atoms with van der Waals surface area (Å²) in [7, 11) is -0.439. The lowest BCUT2D eigenvalue weighted by molar-refractivity contribution is -0.141. The van der Waals surface area contributed by atoms with Crippen LogP contribution in [0, 0.1) is 0 Å². The third-order valence-electron chi connectivity index (χ3n) is 4.58. The summed E-state index contributed by atoms with van der Waals surface area (Å²) in [6.45, 7) is 0. The predicted molar refractivity (Wildman–Crippen MR) is 133 cm³/mol. The molecule has 0 amide bonds. The number of nitrogens with zero attached hydrogens (tertiary/aromatic N) is 1. The largest absolute Gasteiger partial charge is 0.480 e. The molecule has 2 aromatic carbocycles. The average Bonchev–Trinajstić information content (AvgIpc) is 3.30. The van der Waals surface area contributed by atoms with E-state index in [1.54, 1.807) is 29.8 Å². The van der Waals surface area contributed by atoms with Gasteiger partial charge in [0.25, 0.3) is 0 Å². The van der Waals surface area contributed by atoms with Gasteiger partial charge in [0.2, 0.25) is 0 Å². The first-order chi connectivity index (χ1) is 15.3. The minimum atomic E-state index is -2.03. The fourth-order valence-electron chi connectivity index (χ4n) is 2.90. The van der Waals surface area contributed by atoms with Crippen molar-refractivity contribution in [2.75, 3.05) is 16.7 Å². The zero-order valence-electron chi connectivity index (χ0n) is 17.0. The van der Waals surface area contributed by atoms with Crippen molar-refractivity contribution in [3.63, 3.8) is 0 Å². The Morgan fingerprint density at radius 1 is 1.25 bits per heavy atom. The van der Waals surface area contributed by atoms with Crippen molar-refractivity contribution in [2.24, 2.45) is 5.73 Å². The molecule has 0 saturated heterocycles. The molecule has 11 heteroatoms. The number of carbonyl (C=O) groups is 2. The molecule has 0 saturated carbocycles. The standard InChI is InChI=1S/C21H21N3O4S4/c1-29-11-9-21(22,19(26)27)18(25)16-8-7-15(13-17(16)14-5-3-2-4-6-14)31-32(28)24-20-23-10-12-30-20/h2-8,10,12-13H,9,11,22H2,1H3,(H,23,24)(H,26,27). The van der Waals surface area contributed by atoms with Crippen LogP contribution in [0.25, 0.3) is 11.1 Å². The fraction of sp³-hybridized carbons (Fsp3) is 0.190. The van der Waals surface area contributed by atoms with E-state index in [-0.39, 0.29) is 12.0 Å². The normalized spacial score (nSPS) is 13.8. The van der Waals surface area contributed by atoms with Gasteiger partial charge in [-0.2, -0.15) is 11.8 Å². The van der Waals surface area contributed by atoms with Crippen LogP contribution in [0.4, 0.5) is 5.13 Å². The van der Waals surface area contributed by atoms with Crippen LogP contribution in [0.3, 0.4) is 0 Å². The molecule has 168 valence electrons. The van der Waals surface area contributed by atoms with E-state index >= 15 is 0 Å². The second kappa shape index (κ2) is 11.1. The molecule has 2 atom stereocenters. The van der Waals surface area contributed by atoms with E-state index in [1.807, 2.05) is 36.6 Å². The molecule has 3 rings (SSSR count). The van der Waals surface area contributed by atoms with Crippen LogP contribution in [-0.2, 0) is 14.8 Å². The summed E-state index contributed by atoms with van der Waals surface area (Å²) in [5.74, 6) is -1.58. The minimum absolute atomic E-state index is 0.00875. The quantitative estimate of drug-likeness (QED) is 0.199. The number of anilines is 1. The maximum atomic E-state index is 13.4. The summed E-state index contributed by atoms with van der Waals surface area (Å²) in [6, 6.07) is 14.1. The smallest absolute Gasteiger partial charge is 0.331 e. The summed E-state index contributed by atoms with van der Waals surface area (Å²) in [6.07, 6.45) is 3.45. The number of thioether (sulfide) groups is 1. The summed E-state index contributed by atoms with van der Waals surface area (Å²) in [5, 5.41) is 12.0. The Morgan fingerprint density at radius 2 is 2.00 bits per heavy atom. The molecule has 0 aliphatic heterocycles. The number of carbonyl (C=O) groups excluding carboxylic acids is 1. The minimum Gasteiger partial charge on any atom is -0.480 e. The van der Waals surface area contributed by atoms with Gasteiger partial charge in [-0.1, -0.05) is 30.3 Å². The van der Waals surface area contributed by atoms with E-state index < -0.39 is 27.3 Å². The molecular weight excluding hydrogens is 487 g/mol. The molecule has 0 radical (unpaired) electrons. The predicted octanol–water partition coefficient (Wildman–Crippen LogP) is 4.31. The number of hydrogen-bond donors (Lipinski definition) is 3. The van der Waals surface area contributed by atoms with Gasteiger partial charge in [-0.05, 0) is 58.5 Å². The second-order valence-electron chi connectivity index (χ2n) is 6.68. The van der Waals surface area contributed by atoms with Gasteiger partial charge in [-0.3, -0.25) is 9.52 Å². The number of nitrogens with one attached hydrogen (secondary N) is 1. The summed E-state index contributed by atoms with van der Waals surface area (Å²) < 4.78 is 15.3. The number of carboxylic acid groups (broad SMARTS) is 1. The highest BCUT2D eigenvalue weighted by molar-refractivity contribution is 8.69. The molecule has 0 fully saturated rings.